The molecule has 0 saturated carbocycles. The maximum Gasteiger partial charge on any atom is 0.0921 e. The maximum atomic E-state index is 4.66. The Morgan fingerprint density at radius 3 is 2.44 bits per heavy atom. The Bertz CT molecular complexity index is 501. The van der Waals surface area contributed by atoms with Crippen LogP contribution in [-0.4, -0.2) is 9.97 Å². The van der Waals surface area contributed by atoms with Crippen LogP contribution in [0, 0.1) is 0 Å². The molecule has 0 bridgehead atoms. The highest BCUT2D eigenvalue weighted by atomic mass is 14.8. The second kappa shape index (κ2) is 4.20. The van der Waals surface area contributed by atoms with Crippen LogP contribution in [0.4, 0.5) is 0 Å². The zero-order chi connectivity index (χ0) is 11.7. The van der Waals surface area contributed by atoms with Gasteiger partial charge in [0.05, 0.1) is 11.0 Å². The van der Waals surface area contributed by atoms with E-state index in [2.05, 4.69) is 43.7 Å². The topological polar surface area (TPSA) is 25.8 Å². The van der Waals surface area contributed by atoms with Crippen LogP contribution in [0.25, 0.3) is 11.0 Å². The molecule has 2 aromatic rings. The van der Waals surface area contributed by atoms with Gasteiger partial charge in [-0.25, -0.2) is 0 Å². The van der Waals surface area contributed by atoms with Gasteiger partial charge in [-0.15, -0.1) is 0 Å². The Balaban J connectivity index is 2.74. The van der Waals surface area contributed by atoms with Gasteiger partial charge in [0.1, 0.15) is 0 Å². The minimum atomic E-state index is 0.460. The summed E-state index contributed by atoms with van der Waals surface area (Å²) in [6.07, 6.45) is 1.84. The smallest absolute Gasteiger partial charge is 0.0921 e. The zero-order valence-corrected chi connectivity index (χ0v) is 10.4. The van der Waals surface area contributed by atoms with E-state index in [9.17, 15) is 0 Å². The van der Waals surface area contributed by atoms with Crippen molar-refractivity contribution in [1.82, 2.24) is 9.97 Å². The molecule has 2 heterocycles. The first-order valence-corrected chi connectivity index (χ1v) is 5.85. The van der Waals surface area contributed by atoms with Gasteiger partial charge in [-0.05, 0) is 35.6 Å². The third kappa shape index (κ3) is 1.92. The lowest BCUT2D eigenvalue weighted by atomic mass is 9.98. The fraction of sp³-hybridized carbons (Fsp3) is 0.429. The van der Waals surface area contributed by atoms with Gasteiger partial charge >= 0.3 is 0 Å². The van der Waals surface area contributed by atoms with Crippen LogP contribution in [0.5, 0.6) is 0 Å². The van der Waals surface area contributed by atoms with Crippen molar-refractivity contribution in [2.75, 3.05) is 0 Å². The highest BCUT2D eigenvalue weighted by Crippen LogP contribution is 2.26. The third-order valence-corrected chi connectivity index (χ3v) is 2.83. The van der Waals surface area contributed by atoms with E-state index in [1.165, 1.54) is 5.56 Å². The molecule has 0 saturated heterocycles. The predicted molar refractivity (Wildman–Crippen MR) is 67.7 cm³/mol. The lowest BCUT2D eigenvalue weighted by Crippen LogP contribution is -2.00. The average molecular weight is 214 g/mol. The van der Waals surface area contributed by atoms with Crippen molar-refractivity contribution in [1.29, 1.82) is 0 Å². The lowest BCUT2D eigenvalue weighted by molar-refractivity contribution is 0.809. The summed E-state index contributed by atoms with van der Waals surface area (Å²) < 4.78 is 0. The summed E-state index contributed by atoms with van der Waals surface area (Å²) in [6.45, 7) is 8.75. The van der Waals surface area contributed by atoms with Crippen molar-refractivity contribution >= 4 is 11.0 Å². The van der Waals surface area contributed by atoms with Crippen LogP contribution in [0.2, 0.25) is 0 Å². The third-order valence-electron chi connectivity index (χ3n) is 2.83. The molecule has 0 aliphatic heterocycles. The van der Waals surface area contributed by atoms with Gasteiger partial charge < -0.3 is 0 Å². The second-order valence-corrected chi connectivity index (χ2v) is 4.82. The molecule has 0 radical (unpaired) electrons. The molecule has 2 nitrogen and oxygen atoms in total. The van der Waals surface area contributed by atoms with Crippen molar-refractivity contribution in [2.45, 2.75) is 39.5 Å². The molecule has 0 aliphatic rings. The van der Waals surface area contributed by atoms with Crippen molar-refractivity contribution < 1.29 is 0 Å². The van der Waals surface area contributed by atoms with Crippen LogP contribution in [-0.2, 0) is 0 Å². The second-order valence-electron chi connectivity index (χ2n) is 4.82. The monoisotopic (exact) mass is 214 g/mol. The molecule has 0 unspecified atom stereocenters. The molecule has 0 atom stereocenters. The molecule has 2 rings (SSSR count). The molecular weight excluding hydrogens is 196 g/mol. The van der Waals surface area contributed by atoms with Gasteiger partial charge in [0.2, 0.25) is 0 Å². The average Bonchev–Trinajstić information content (AvgIpc) is 2.27. The summed E-state index contributed by atoms with van der Waals surface area (Å²) in [7, 11) is 0. The number of aromatic nitrogens is 2. The lowest BCUT2D eigenvalue weighted by Gasteiger charge is -2.13. The first-order valence-electron chi connectivity index (χ1n) is 5.85. The highest BCUT2D eigenvalue weighted by Gasteiger charge is 2.11. The summed E-state index contributed by atoms with van der Waals surface area (Å²) in [5.74, 6) is 0.944. The van der Waals surface area contributed by atoms with E-state index >= 15 is 0 Å². The van der Waals surface area contributed by atoms with Crippen molar-refractivity contribution in [3.05, 3.63) is 35.7 Å². The molecule has 0 N–H and O–H groups in total. The standard InChI is InChI=1S/C14H18N2/c1-9(2)11-8-13(10(3)4)16-12-6-5-7-15-14(11)12/h5-10H,1-4H3. The molecular formula is C14H18N2. The molecule has 0 aliphatic carbocycles. The minimum Gasteiger partial charge on any atom is -0.254 e. The van der Waals surface area contributed by atoms with Gasteiger partial charge in [0.25, 0.3) is 0 Å². The Morgan fingerprint density at radius 2 is 1.81 bits per heavy atom. The number of hydrogen-bond donors (Lipinski definition) is 0. The molecule has 0 aromatic carbocycles. The van der Waals surface area contributed by atoms with E-state index in [0.717, 1.165) is 16.7 Å². The Morgan fingerprint density at radius 1 is 1.06 bits per heavy atom. The predicted octanol–water partition coefficient (Wildman–Crippen LogP) is 3.88. The SMILES string of the molecule is CC(C)c1cc(C(C)C)c2ncccc2n1. The van der Waals surface area contributed by atoms with Crippen molar-refractivity contribution in [3.63, 3.8) is 0 Å². The first kappa shape index (κ1) is 11.1. The minimum absolute atomic E-state index is 0.460. The van der Waals surface area contributed by atoms with Gasteiger partial charge in [-0.3, -0.25) is 9.97 Å². The molecule has 0 spiro atoms. The summed E-state index contributed by atoms with van der Waals surface area (Å²) in [5.41, 5.74) is 4.51. The Labute approximate surface area is 96.7 Å². The van der Waals surface area contributed by atoms with Crippen LogP contribution < -0.4 is 0 Å². The fourth-order valence-electron chi connectivity index (χ4n) is 1.84. The number of fused-ring (bicyclic) bond motifs is 1. The number of hydrogen-bond acceptors (Lipinski definition) is 2. The van der Waals surface area contributed by atoms with Crippen molar-refractivity contribution in [2.24, 2.45) is 0 Å². The summed E-state index contributed by atoms with van der Waals surface area (Å²) in [6, 6.07) is 6.19. The van der Waals surface area contributed by atoms with E-state index in [-0.39, 0.29) is 0 Å². The summed E-state index contributed by atoms with van der Waals surface area (Å²) in [5, 5.41) is 0. The molecule has 16 heavy (non-hydrogen) atoms. The first-order chi connectivity index (χ1) is 7.59. The van der Waals surface area contributed by atoms with E-state index in [1.54, 1.807) is 0 Å². The Kier molecular flexibility index (Phi) is 2.90. The van der Waals surface area contributed by atoms with Crippen LogP contribution in [0.3, 0.4) is 0 Å². The Hall–Kier alpha value is -1.44. The van der Waals surface area contributed by atoms with E-state index < -0.39 is 0 Å². The van der Waals surface area contributed by atoms with Gasteiger partial charge in [0.15, 0.2) is 0 Å². The normalized spacial score (nSPS) is 11.6. The zero-order valence-electron chi connectivity index (χ0n) is 10.4. The van der Waals surface area contributed by atoms with Crippen LogP contribution in [0.1, 0.15) is 50.8 Å². The van der Waals surface area contributed by atoms with Crippen LogP contribution in [0.15, 0.2) is 24.4 Å². The molecule has 0 amide bonds. The fourth-order valence-corrected chi connectivity index (χ4v) is 1.84. The summed E-state index contributed by atoms with van der Waals surface area (Å²) in [4.78, 5) is 9.10. The number of pyridine rings is 2. The summed E-state index contributed by atoms with van der Waals surface area (Å²) >= 11 is 0. The van der Waals surface area contributed by atoms with E-state index in [1.807, 2.05) is 18.3 Å². The van der Waals surface area contributed by atoms with E-state index in [4.69, 9.17) is 0 Å². The largest absolute Gasteiger partial charge is 0.254 e. The molecule has 2 heteroatoms. The highest BCUT2D eigenvalue weighted by molar-refractivity contribution is 5.78. The molecule has 0 fully saturated rings. The maximum absolute atomic E-state index is 4.66. The number of rotatable bonds is 2. The van der Waals surface area contributed by atoms with Gasteiger partial charge in [0, 0.05) is 11.9 Å². The van der Waals surface area contributed by atoms with E-state index in [0.29, 0.717) is 11.8 Å². The molecule has 2 aromatic heterocycles. The number of nitrogens with zero attached hydrogens (tertiary/aromatic N) is 2. The van der Waals surface area contributed by atoms with Crippen LogP contribution >= 0.6 is 0 Å². The quantitative estimate of drug-likeness (QED) is 0.758. The molecule has 84 valence electrons. The van der Waals surface area contributed by atoms with Gasteiger partial charge in [-0.1, -0.05) is 27.7 Å². The van der Waals surface area contributed by atoms with Crippen molar-refractivity contribution in [3.8, 4) is 0 Å². The van der Waals surface area contributed by atoms with Gasteiger partial charge in [-0.2, -0.15) is 0 Å².